The van der Waals surface area contributed by atoms with Crippen LogP contribution in [0.15, 0.2) is 42.5 Å². The first kappa shape index (κ1) is 16.8. The topological polar surface area (TPSA) is 43.4 Å². The van der Waals surface area contributed by atoms with E-state index in [2.05, 4.69) is 0 Å². The Morgan fingerprint density at radius 1 is 0.913 bits per heavy atom. The normalized spacial score (nSPS) is 10.4. The standard InChI is InChI=1S/C18H16F2O3/c1-2-23-18(22)14-6-3-12(4-7-14)9-15(21)10-13-5-8-16(19)17(20)11-13/h3-8,11H,2,9-10H2,1H3. The first-order valence-electron chi connectivity index (χ1n) is 7.21. The second kappa shape index (κ2) is 7.63. The first-order chi connectivity index (χ1) is 11.0. The minimum absolute atomic E-state index is 0.0246. The molecule has 0 atom stereocenters. The molecule has 0 saturated heterocycles. The molecule has 5 heteroatoms. The van der Waals surface area contributed by atoms with Gasteiger partial charge in [0.2, 0.25) is 0 Å². The highest BCUT2D eigenvalue weighted by Gasteiger charge is 2.10. The lowest BCUT2D eigenvalue weighted by atomic mass is 10.0. The molecule has 0 unspecified atom stereocenters. The fourth-order valence-electron chi connectivity index (χ4n) is 2.14. The predicted octanol–water partition coefficient (Wildman–Crippen LogP) is 3.50. The number of Topliss-reactive ketones (excluding diaryl/α,β-unsaturated/α-hetero) is 1. The van der Waals surface area contributed by atoms with E-state index in [0.717, 1.165) is 17.7 Å². The second-order valence-corrected chi connectivity index (χ2v) is 5.06. The summed E-state index contributed by atoms with van der Waals surface area (Å²) < 4.78 is 30.8. The van der Waals surface area contributed by atoms with Gasteiger partial charge in [-0.25, -0.2) is 13.6 Å². The van der Waals surface area contributed by atoms with Crippen molar-refractivity contribution < 1.29 is 23.1 Å². The van der Waals surface area contributed by atoms with Crippen LogP contribution in [0.2, 0.25) is 0 Å². The molecule has 2 aromatic rings. The number of carbonyl (C=O) groups is 2. The smallest absolute Gasteiger partial charge is 0.338 e. The second-order valence-electron chi connectivity index (χ2n) is 5.06. The average molecular weight is 318 g/mol. The zero-order chi connectivity index (χ0) is 16.8. The molecule has 0 N–H and O–H groups in total. The molecule has 23 heavy (non-hydrogen) atoms. The lowest BCUT2D eigenvalue weighted by Crippen LogP contribution is -2.08. The lowest BCUT2D eigenvalue weighted by molar-refractivity contribution is -0.117. The van der Waals surface area contributed by atoms with Crippen LogP contribution in [0.4, 0.5) is 8.78 Å². The largest absolute Gasteiger partial charge is 0.462 e. The van der Waals surface area contributed by atoms with Gasteiger partial charge in [-0.05, 0) is 42.3 Å². The summed E-state index contributed by atoms with van der Waals surface area (Å²) in [4.78, 5) is 23.5. The maximum absolute atomic E-state index is 13.1. The van der Waals surface area contributed by atoms with Crippen LogP contribution in [-0.2, 0) is 22.4 Å². The van der Waals surface area contributed by atoms with Gasteiger partial charge >= 0.3 is 5.97 Å². The Morgan fingerprint density at radius 2 is 1.52 bits per heavy atom. The van der Waals surface area contributed by atoms with Crippen molar-refractivity contribution in [3.05, 3.63) is 70.8 Å². The molecule has 0 bridgehead atoms. The van der Waals surface area contributed by atoms with Gasteiger partial charge in [-0.1, -0.05) is 18.2 Å². The number of halogens is 2. The summed E-state index contributed by atoms with van der Waals surface area (Å²) in [6.45, 7) is 2.02. The van der Waals surface area contributed by atoms with Crippen LogP contribution in [0, 0.1) is 11.6 Å². The molecule has 0 saturated carbocycles. The Hall–Kier alpha value is -2.56. The van der Waals surface area contributed by atoms with Crippen LogP contribution in [0.5, 0.6) is 0 Å². The van der Waals surface area contributed by atoms with Crippen molar-refractivity contribution in [1.29, 1.82) is 0 Å². The molecule has 0 spiro atoms. The summed E-state index contributed by atoms with van der Waals surface area (Å²) in [7, 11) is 0. The molecule has 0 radical (unpaired) electrons. The number of ketones is 1. The Balaban J connectivity index is 1.97. The van der Waals surface area contributed by atoms with Gasteiger partial charge in [-0.3, -0.25) is 4.79 Å². The third kappa shape index (κ3) is 4.71. The van der Waals surface area contributed by atoms with Crippen molar-refractivity contribution >= 4 is 11.8 Å². The Morgan fingerprint density at radius 3 is 2.13 bits per heavy atom. The maximum Gasteiger partial charge on any atom is 0.338 e. The molecule has 0 aliphatic carbocycles. The zero-order valence-corrected chi connectivity index (χ0v) is 12.6. The highest BCUT2D eigenvalue weighted by atomic mass is 19.2. The van der Waals surface area contributed by atoms with Gasteiger partial charge in [0.05, 0.1) is 12.2 Å². The van der Waals surface area contributed by atoms with Gasteiger partial charge in [0.1, 0.15) is 5.78 Å². The van der Waals surface area contributed by atoms with E-state index in [1.54, 1.807) is 31.2 Å². The predicted molar refractivity (Wildman–Crippen MR) is 81.2 cm³/mol. The minimum Gasteiger partial charge on any atom is -0.462 e. The van der Waals surface area contributed by atoms with Crippen LogP contribution in [0.25, 0.3) is 0 Å². The minimum atomic E-state index is -0.964. The molecule has 3 nitrogen and oxygen atoms in total. The fourth-order valence-corrected chi connectivity index (χ4v) is 2.14. The summed E-state index contributed by atoms with van der Waals surface area (Å²) in [6, 6.07) is 9.96. The van der Waals surface area contributed by atoms with E-state index in [4.69, 9.17) is 4.74 Å². The quantitative estimate of drug-likeness (QED) is 0.766. The van der Waals surface area contributed by atoms with Gasteiger partial charge < -0.3 is 4.74 Å². The molecular formula is C18H16F2O3. The molecule has 0 fully saturated rings. The van der Waals surface area contributed by atoms with Gasteiger partial charge in [-0.2, -0.15) is 0 Å². The van der Waals surface area contributed by atoms with Crippen LogP contribution in [-0.4, -0.2) is 18.4 Å². The van der Waals surface area contributed by atoms with Crippen LogP contribution >= 0.6 is 0 Å². The number of hydrogen-bond acceptors (Lipinski definition) is 3. The van der Waals surface area contributed by atoms with Crippen molar-refractivity contribution in [2.24, 2.45) is 0 Å². The van der Waals surface area contributed by atoms with Crippen molar-refractivity contribution in [2.75, 3.05) is 6.61 Å². The van der Waals surface area contributed by atoms with E-state index in [1.807, 2.05) is 0 Å². The maximum atomic E-state index is 13.1. The van der Waals surface area contributed by atoms with Gasteiger partial charge in [-0.15, -0.1) is 0 Å². The van der Waals surface area contributed by atoms with E-state index >= 15 is 0 Å². The molecule has 0 aliphatic heterocycles. The zero-order valence-electron chi connectivity index (χ0n) is 12.6. The van der Waals surface area contributed by atoms with Crippen LogP contribution in [0.3, 0.4) is 0 Å². The molecular weight excluding hydrogens is 302 g/mol. The van der Waals surface area contributed by atoms with E-state index in [1.165, 1.54) is 6.07 Å². The van der Waals surface area contributed by atoms with Crippen LogP contribution in [0.1, 0.15) is 28.4 Å². The van der Waals surface area contributed by atoms with Crippen molar-refractivity contribution in [3.8, 4) is 0 Å². The third-order valence-electron chi connectivity index (χ3n) is 3.25. The summed E-state index contributed by atoms with van der Waals surface area (Å²) in [6.07, 6.45) is 0.179. The van der Waals surface area contributed by atoms with E-state index < -0.39 is 17.6 Å². The van der Waals surface area contributed by atoms with Gasteiger partial charge in [0, 0.05) is 12.8 Å². The van der Waals surface area contributed by atoms with Crippen molar-refractivity contribution in [2.45, 2.75) is 19.8 Å². The van der Waals surface area contributed by atoms with Crippen molar-refractivity contribution in [3.63, 3.8) is 0 Å². The molecule has 0 heterocycles. The molecule has 2 rings (SSSR count). The van der Waals surface area contributed by atoms with E-state index in [-0.39, 0.29) is 18.6 Å². The van der Waals surface area contributed by atoms with Crippen LogP contribution < -0.4 is 0 Å². The summed E-state index contributed by atoms with van der Waals surface area (Å²) in [5.41, 5.74) is 1.59. The molecule has 2 aromatic carbocycles. The SMILES string of the molecule is CCOC(=O)c1ccc(CC(=O)Cc2ccc(F)c(F)c2)cc1. The highest BCUT2D eigenvalue weighted by molar-refractivity contribution is 5.89. The summed E-state index contributed by atoms with van der Waals surface area (Å²) in [5, 5.41) is 0. The first-order valence-corrected chi connectivity index (χ1v) is 7.21. The monoisotopic (exact) mass is 318 g/mol. The molecule has 120 valence electrons. The number of hydrogen-bond donors (Lipinski definition) is 0. The number of esters is 1. The fraction of sp³-hybridized carbons (Fsp3) is 0.222. The third-order valence-corrected chi connectivity index (χ3v) is 3.25. The number of benzene rings is 2. The summed E-state index contributed by atoms with van der Waals surface area (Å²) >= 11 is 0. The lowest BCUT2D eigenvalue weighted by Gasteiger charge is -2.05. The van der Waals surface area contributed by atoms with Gasteiger partial charge in [0.15, 0.2) is 11.6 Å². The Kier molecular flexibility index (Phi) is 5.57. The number of ether oxygens (including phenoxy) is 1. The van der Waals surface area contributed by atoms with E-state index in [9.17, 15) is 18.4 Å². The molecule has 0 aliphatic rings. The summed E-state index contributed by atoms with van der Waals surface area (Å²) in [5.74, 6) is -2.43. The Bertz CT molecular complexity index is 709. The number of rotatable bonds is 6. The average Bonchev–Trinajstić information content (AvgIpc) is 2.52. The molecule has 0 amide bonds. The Labute approximate surface area is 132 Å². The highest BCUT2D eigenvalue weighted by Crippen LogP contribution is 2.12. The van der Waals surface area contributed by atoms with Crippen molar-refractivity contribution in [1.82, 2.24) is 0 Å². The molecule has 0 aromatic heterocycles. The number of carbonyl (C=O) groups excluding carboxylic acids is 2. The van der Waals surface area contributed by atoms with Gasteiger partial charge in [0.25, 0.3) is 0 Å². The van der Waals surface area contributed by atoms with E-state index in [0.29, 0.717) is 17.7 Å².